The fourth-order valence-corrected chi connectivity index (χ4v) is 5.73. The van der Waals surface area contributed by atoms with Crippen LogP contribution >= 0.6 is 0 Å². The third kappa shape index (κ3) is 6.28. The molecule has 3 aromatic rings. The van der Waals surface area contributed by atoms with E-state index in [0.29, 0.717) is 22.5 Å². The maximum absolute atomic E-state index is 12.4. The molecule has 0 fully saturated rings. The van der Waals surface area contributed by atoms with Crippen molar-refractivity contribution in [3.05, 3.63) is 101 Å². The lowest BCUT2D eigenvalue weighted by molar-refractivity contribution is 0.593. The van der Waals surface area contributed by atoms with E-state index in [4.69, 9.17) is 0 Å². The van der Waals surface area contributed by atoms with Crippen LogP contribution in [0.25, 0.3) is 0 Å². The van der Waals surface area contributed by atoms with Crippen LogP contribution in [0.3, 0.4) is 0 Å². The molecule has 0 radical (unpaired) electrons. The Bertz CT molecular complexity index is 1040. The summed E-state index contributed by atoms with van der Waals surface area (Å²) in [6.45, 7) is 0. The molecule has 0 aliphatic rings. The number of aromatic nitrogens is 1. The number of nitrogens with zero attached hydrogens (tertiary/aromatic N) is 1. The summed E-state index contributed by atoms with van der Waals surface area (Å²) in [5.74, 6) is -0.610. The second-order valence-electron chi connectivity index (χ2n) is 6.66. The normalized spacial score (nSPS) is 12.0. The van der Waals surface area contributed by atoms with Gasteiger partial charge in [0.15, 0.2) is 19.7 Å². The van der Waals surface area contributed by atoms with Crippen molar-refractivity contribution in [1.82, 2.24) is 4.98 Å². The van der Waals surface area contributed by atoms with E-state index >= 15 is 0 Å². The lowest BCUT2D eigenvalue weighted by atomic mass is 10.2. The van der Waals surface area contributed by atoms with Gasteiger partial charge in [0, 0.05) is 0 Å². The molecule has 7 heteroatoms. The summed E-state index contributed by atoms with van der Waals surface area (Å²) >= 11 is 0. The molecule has 1 aromatic heterocycles. The van der Waals surface area contributed by atoms with Gasteiger partial charge in [-0.2, -0.15) is 0 Å². The maximum atomic E-state index is 12.4. The molecule has 0 aliphatic carbocycles. The number of hydrogen-bond donors (Lipinski definition) is 0. The van der Waals surface area contributed by atoms with Gasteiger partial charge >= 0.3 is 0 Å². The summed E-state index contributed by atoms with van der Waals surface area (Å²) < 4.78 is 49.8. The van der Waals surface area contributed by atoms with Crippen molar-refractivity contribution in [3.8, 4) is 0 Å². The summed E-state index contributed by atoms with van der Waals surface area (Å²) in [4.78, 5) is 4.27. The van der Waals surface area contributed by atoms with E-state index in [1.807, 2.05) is 12.1 Å². The van der Waals surface area contributed by atoms with Gasteiger partial charge in [-0.15, -0.1) is 0 Å². The highest BCUT2D eigenvalue weighted by atomic mass is 32.2. The van der Waals surface area contributed by atoms with Crippen molar-refractivity contribution in [1.29, 1.82) is 0 Å². The van der Waals surface area contributed by atoms with Gasteiger partial charge in [0.1, 0.15) is 0 Å². The molecule has 0 spiro atoms. The number of sulfone groups is 2. The number of benzene rings is 2. The molecule has 5 nitrogen and oxygen atoms in total. The zero-order valence-electron chi connectivity index (χ0n) is 15.2. The molecule has 0 unspecified atom stereocenters. The van der Waals surface area contributed by atoms with Crippen LogP contribution in [-0.4, -0.2) is 21.8 Å². The average Bonchev–Trinajstić information content (AvgIpc) is 2.62. The first-order chi connectivity index (χ1) is 13.3. The lowest BCUT2D eigenvalue weighted by Gasteiger charge is -2.08. The van der Waals surface area contributed by atoms with Crippen molar-refractivity contribution in [2.24, 2.45) is 0 Å². The van der Waals surface area contributed by atoms with Crippen molar-refractivity contribution < 1.29 is 16.8 Å². The van der Waals surface area contributed by atoms with E-state index in [-0.39, 0.29) is 23.0 Å². The zero-order valence-corrected chi connectivity index (χ0v) is 16.9. The van der Waals surface area contributed by atoms with Crippen LogP contribution in [0, 0.1) is 0 Å². The molecular weight excluding hydrogens is 394 g/mol. The van der Waals surface area contributed by atoms with E-state index in [2.05, 4.69) is 4.98 Å². The lowest BCUT2D eigenvalue weighted by Crippen LogP contribution is -2.12. The monoisotopic (exact) mass is 415 g/mol. The second kappa shape index (κ2) is 8.67. The summed E-state index contributed by atoms with van der Waals surface area (Å²) in [6, 6.07) is 22.7. The quantitative estimate of drug-likeness (QED) is 0.564. The molecule has 0 aliphatic heterocycles. The van der Waals surface area contributed by atoms with Gasteiger partial charge in [-0.05, 0) is 23.3 Å². The Morgan fingerprint density at radius 1 is 0.500 bits per heavy atom. The first-order valence-electron chi connectivity index (χ1n) is 8.75. The number of pyridine rings is 1. The maximum Gasteiger partial charge on any atom is 0.160 e. The Morgan fingerprint density at radius 2 is 0.893 bits per heavy atom. The standard InChI is InChI=1S/C21H21NO4S2/c23-27(24,14-18-8-3-1-4-9-18)16-20-12-7-13-21(22-20)17-28(25,26)15-19-10-5-2-6-11-19/h1-13H,14-17H2. The molecule has 0 bridgehead atoms. The summed E-state index contributed by atoms with van der Waals surface area (Å²) in [6.07, 6.45) is 0. The fourth-order valence-electron chi connectivity index (χ4n) is 2.90. The van der Waals surface area contributed by atoms with E-state index in [9.17, 15) is 16.8 Å². The summed E-state index contributed by atoms with van der Waals surface area (Å²) in [5, 5.41) is 0. The molecule has 0 atom stereocenters. The predicted molar refractivity (Wildman–Crippen MR) is 110 cm³/mol. The third-order valence-corrected chi connectivity index (χ3v) is 7.08. The van der Waals surface area contributed by atoms with Crippen molar-refractivity contribution in [2.75, 3.05) is 0 Å². The van der Waals surface area contributed by atoms with Gasteiger partial charge in [0.25, 0.3) is 0 Å². The Kier molecular flexibility index (Phi) is 6.26. The third-order valence-electron chi connectivity index (χ3n) is 4.06. The molecule has 1 heterocycles. The molecular formula is C21H21NO4S2. The Hall–Kier alpha value is -2.51. The molecule has 0 saturated carbocycles. The average molecular weight is 416 g/mol. The van der Waals surface area contributed by atoms with Crippen LogP contribution in [-0.2, 0) is 42.7 Å². The van der Waals surface area contributed by atoms with Gasteiger partial charge in [0.2, 0.25) is 0 Å². The Labute approximate surface area is 165 Å². The smallest absolute Gasteiger partial charge is 0.160 e. The largest absolute Gasteiger partial charge is 0.256 e. The van der Waals surface area contributed by atoms with Crippen LogP contribution in [0.4, 0.5) is 0 Å². The van der Waals surface area contributed by atoms with Crippen LogP contribution in [0.1, 0.15) is 22.5 Å². The first kappa shape index (κ1) is 20.2. The van der Waals surface area contributed by atoms with Gasteiger partial charge in [0.05, 0.1) is 34.4 Å². The first-order valence-corrected chi connectivity index (χ1v) is 12.4. The Balaban J connectivity index is 1.70. The minimum absolute atomic E-state index is 0.0773. The van der Waals surface area contributed by atoms with Crippen LogP contribution < -0.4 is 0 Å². The van der Waals surface area contributed by atoms with Crippen LogP contribution in [0.5, 0.6) is 0 Å². The number of hydrogen-bond acceptors (Lipinski definition) is 5. The van der Waals surface area contributed by atoms with E-state index < -0.39 is 19.7 Å². The highest BCUT2D eigenvalue weighted by Gasteiger charge is 2.17. The molecule has 0 N–H and O–H groups in total. The molecule has 28 heavy (non-hydrogen) atoms. The van der Waals surface area contributed by atoms with Crippen molar-refractivity contribution in [2.45, 2.75) is 23.0 Å². The zero-order chi connectivity index (χ0) is 20.0. The highest BCUT2D eigenvalue weighted by Crippen LogP contribution is 2.14. The van der Waals surface area contributed by atoms with E-state index in [1.54, 1.807) is 66.7 Å². The molecule has 0 saturated heterocycles. The van der Waals surface area contributed by atoms with Crippen molar-refractivity contribution >= 4 is 19.7 Å². The summed E-state index contributed by atoms with van der Waals surface area (Å²) in [7, 11) is -6.82. The topological polar surface area (TPSA) is 81.2 Å². The second-order valence-corrected chi connectivity index (χ2v) is 10.8. The Morgan fingerprint density at radius 3 is 1.29 bits per heavy atom. The van der Waals surface area contributed by atoms with Crippen LogP contribution in [0.2, 0.25) is 0 Å². The summed E-state index contributed by atoms with van der Waals surface area (Å²) in [5.41, 5.74) is 2.12. The predicted octanol–water partition coefficient (Wildman–Crippen LogP) is 3.31. The molecule has 0 amide bonds. The van der Waals surface area contributed by atoms with Crippen LogP contribution in [0.15, 0.2) is 78.9 Å². The van der Waals surface area contributed by atoms with Crippen molar-refractivity contribution in [3.63, 3.8) is 0 Å². The SMILES string of the molecule is O=S(=O)(Cc1ccccc1)Cc1cccc(CS(=O)(=O)Cc2ccccc2)n1. The minimum Gasteiger partial charge on any atom is -0.256 e. The molecule has 146 valence electrons. The van der Waals surface area contributed by atoms with E-state index in [0.717, 1.165) is 0 Å². The van der Waals surface area contributed by atoms with E-state index in [1.165, 1.54) is 0 Å². The highest BCUT2D eigenvalue weighted by molar-refractivity contribution is 7.90. The van der Waals surface area contributed by atoms with Gasteiger partial charge in [-0.25, -0.2) is 16.8 Å². The number of rotatable bonds is 8. The molecule has 2 aromatic carbocycles. The van der Waals surface area contributed by atoms with Gasteiger partial charge in [-0.3, -0.25) is 4.98 Å². The fraction of sp³-hybridized carbons (Fsp3) is 0.190. The molecule has 3 rings (SSSR count). The van der Waals surface area contributed by atoms with Gasteiger partial charge < -0.3 is 0 Å². The minimum atomic E-state index is -3.41. The van der Waals surface area contributed by atoms with Gasteiger partial charge in [-0.1, -0.05) is 66.7 Å².